The second-order valence-electron chi connectivity index (χ2n) is 5.57. The first kappa shape index (κ1) is 10.7. The van der Waals surface area contributed by atoms with Crippen LogP contribution in [-0.2, 0) is 20.7 Å². The van der Waals surface area contributed by atoms with E-state index in [0.29, 0.717) is 25.4 Å². The van der Waals surface area contributed by atoms with Gasteiger partial charge in [-0.1, -0.05) is 24.3 Å². The number of carbonyl (C=O) groups is 1. The normalized spacial score (nSPS) is 32.6. The molecule has 1 saturated heterocycles. The lowest BCUT2D eigenvalue weighted by Gasteiger charge is -2.43. The lowest BCUT2D eigenvalue weighted by Crippen LogP contribution is -2.47. The average Bonchev–Trinajstić information content (AvgIpc) is 2.81. The fraction of sp³-hybridized carbons (Fsp3) is 0.533. The van der Waals surface area contributed by atoms with E-state index >= 15 is 0 Å². The van der Waals surface area contributed by atoms with Crippen LogP contribution in [0.1, 0.15) is 29.9 Å². The number of carbonyl (C=O) groups excluding carboxylic acids is 1. The Bertz CT molecular complexity index is 502. The van der Waals surface area contributed by atoms with Crippen LogP contribution in [0.4, 0.5) is 0 Å². The number of ketones is 1. The molecule has 1 aromatic carbocycles. The van der Waals surface area contributed by atoms with E-state index in [9.17, 15) is 4.79 Å². The van der Waals surface area contributed by atoms with Crippen LogP contribution < -0.4 is 0 Å². The van der Waals surface area contributed by atoms with E-state index in [-0.39, 0.29) is 11.8 Å². The molecule has 2 unspecified atom stereocenters. The molecule has 18 heavy (non-hydrogen) atoms. The van der Waals surface area contributed by atoms with Gasteiger partial charge in [0.15, 0.2) is 5.79 Å². The van der Waals surface area contributed by atoms with Crippen molar-refractivity contribution >= 4 is 5.78 Å². The number of Topliss-reactive ketones (excluding diaryl/α,β-unsaturated/α-hetero) is 1. The van der Waals surface area contributed by atoms with Crippen LogP contribution in [0, 0.1) is 5.92 Å². The van der Waals surface area contributed by atoms with Crippen LogP contribution >= 0.6 is 0 Å². The van der Waals surface area contributed by atoms with Crippen LogP contribution in [0.15, 0.2) is 24.3 Å². The van der Waals surface area contributed by atoms with Gasteiger partial charge in [0.2, 0.25) is 0 Å². The maximum absolute atomic E-state index is 12.4. The minimum absolute atomic E-state index is 0.0215. The molecule has 1 aromatic rings. The van der Waals surface area contributed by atoms with Crippen molar-refractivity contribution in [3.8, 4) is 0 Å². The van der Waals surface area contributed by atoms with Crippen molar-refractivity contribution in [2.24, 2.45) is 5.92 Å². The summed E-state index contributed by atoms with van der Waals surface area (Å²) in [6, 6.07) is 8.31. The molecule has 0 radical (unpaired) electrons. The summed E-state index contributed by atoms with van der Waals surface area (Å²) in [7, 11) is 0. The molecule has 4 rings (SSSR count). The molecule has 1 heterocycles. The van der Waals surface area contributed by atoms with E-state index in [1.54, 1.807) is 0 Å². The molecule has 2 fully saturated rings. The maximum Gasteiger partial charge on any atom is 0.170 e. The third-order valence-corrected chi connectivity index (χ3v) is 4.53. The van der Waals surface area contributed by atoms with Crippen molar-refractivity contribution in [3.05, 3.63) is 35.4 Å². The predicted molar refractivity (Wildman–Crippen MR) is 65.3 cm³/mol. The summed E-state index contributed by atoms with van der Waals surface area (Å²) >= 11 is 0. The lowest BCUT2D eigenvalue weighted by molar-refractivity contribution is -0.194. The standard InChI is InChI=1S/C15H16O3/c16-14-11-7-10-3-1-2-4-12(10)13(14)9-15(8-11)17-5-6-18-15/h1-4,11,13H,5-9H2. The summed E-state index contributed by atoms with van der Waals surface area (Å²) in [6.45, 7) is 1.32. The number of rotatable bonds is 0. The van der Waals surface area contributed by atoms with Crippen LogP contribution in [0.2, 0.25) is 0 Å². The van der Waals surface area contributed by atoms with Crippen molar-refractivity contribution in [3.63, 3.8) is 0 Å². The molecule has 3 heteroatoms. The van der Waals surface area contributed by atoms with Gasteiger partial charge in [-0.25, -0.2) is 0 Å². The Morgan fingerprint density at radius 3 is 2.72 bits per heavy atom. The van der Waals surface area contributed by atoms with Gasteiger partial charge in [0.1, 0.15) is 5.78 Å². The fourth-order valence-electron chi connectivity index (χ4n) is 3.75. The fourth-order valence-corrected chi connectivity index (χ4v) is 3.75. The Kier molecular flexibility index (Phi) is 2.17. The van der Waals surface area contributed by atoms with E-state index < -0.39 is 5.79 Å². The van der Waals surface area contributed by atoms with E-state index in [4.69, 9.17) is 9.47 Å². The quantitative estimate of drug-likeness (QED) is 0.700. The molecule has 0 aromatic heterocycles. The zero-order chi connectivity index (χ0) is 12.2. The largest absolute Gasteiger partial charge is 0.347 e. The van der Waals surface area contributed by atoms with E-state index in [1.807, 2.05) is 6.07 Å². The Morgan fingerprint density at radius 1 is 1.11 bits per heavy atom. The minimum atomic E-state index is -0.475. The molecule has 94 valence electrons. The highest BCUT2D eigenvalue weighted by molar-refractivity contribution is 5.91. The zero-order valence-corrected chi connectivity index (χ0v) is 10.2. The van der Waals surface area contributed by atoms with Gasteiger partial charge in [-0.15, -0.1) is 0 Å². The zero-order valence-electron chi connectivity index (χ0n) is 10.2. The molecule has 3 nitrogen and oxygen atoms in total. The first-order valence-electron chi connectivity index (χ1n) is 6.67. The van der Waals surface area contributed by atoms with Crippen molar-refractivity contribution in [1.29, 1.82) is 0 Å². The maximum atomic E-state index is 12.4. The van der Waals surface area contributed by atoms with Gasteiger partial charge in [-0.3, -0.25) is 4.79 Å². The van der Waals surface area contributed by atoms with Crippen molar-refractivity contribution in [1.82, 2.24) is 0 Å². The van der Waals surface area contributed by atoms with Gasteiger partial charge in [0.25, 0.3) is 0 Å². The van der Waals surface area contributed by atoms with Gasteiger partial charge in [-0.05, 0) is 17.5 Å². The molecule has 3 aliphatic rings. The highest BCUT2D eigenvalue weighted by atomic mass is 16.7. The van der Waals surface area contributed by atoms with Gasteiger partial charge in [0.05, 0.1) is 13.2 Å². The number of hydrogen-bond donors (Lipinski definition) is 0. The summed E-state index contributed by atoms with van der Waals surface area (Å²) in [4.78, 5) is 12.4. The first-order valence-corrected chi connectivity index (χ1v) is 6.67. The Balaban J connectivity index is 1.78. The molecular weight excluding hydrogens is 228 g/mol. The molecule has 1 aliphatic heterocycles. The Morgan fingerprint density at radius 2 is 1.89 bits per heavy atom. The summed E-state index contributed by atoms with van der Waals surface area (Å²) in [6.07, 6.45) is 2.27. The SMILES string of the molecule is O=C1C2Cc3ccccc3C1CC1(C2)OCCO1. The van der Waals surface area contributed by atoms with Gasteiger partial charge < -0.3 is 9.47 Å². The second-order valence-corrected chi connectivity index (χ2v) is 5.57. The van der Waals surface area contributed by atoms with Gasteiger partial charge in [0, 0.05) is 24.7 Å². The van der Waals surface area contributed by atoms with E-state index in [2.05, 4.69) is 18.2 Å². The first-order chi connectivity index (χ1) is 8.77. The summed E-state index contributed by atoms with van der Waals surface area (Å²) in [5.41, 5.74) is 2.52. The molecular formula is C15H16O3. The van der Waals surface area contributed by atoms with Crippen molar-refractivity contribution < 1.29 is 14.3 Å². The van der Waals surface area contributed by atoms with Crippen LogP contribution in [0.5, 0.6) is 0 Å². The molecule has 2 atom stereocenters. The molecule has 1 spiro atoms. The lowest BCUT2D eigenvalue weighted by atomic mass is 9.66. The van der Waals surface area contributed by atoms with Crippen LogP contribution in [0.25, 0.3) is 0 Å². The summed E-state index contributed by atoms with van der Waals surface area (Å²) < 4.78 is 11.6. The number of ether oxygens (including phenoxy) is 2. The third-order valence-electron chi connectivity index (χ3n) is 4.53. The minimum Gasteiger partial charge on any atom is -0.347 e. The highest BCUT2D eigenvalue weighted by Crippen LogP contribution is 2.48. The topological polar surface area (TPSA) is 35.5 Å². The number of hydrogen-bond acceptors (Lipinski definition) is 3. The smallest absolute Gasteiger partial charge is 0.170 e. The molecule has 2 aliphatic carbocycles. The Labute approximate surface area is 106 Å². The van der Waals surface area contributed by atoms with Crippen molar-refractivity contribution in [2.45, 2.75) is 31.0 Å². The average molecular weight is 244 g/mol. The Hall–Kier alpha value is -1.19. The molecule has 0 amide bonds. The van der Waals surface area contributed by atoms with E-state index in [0.717, 1.165) is 12.8 Å². The monoisotopic (exact) mass is 244 g/mol. The molecule has 1 saturated carbocycles. The van der Waals surface area contributed by atoms with Gasteiger partial charge in [-0.2, -0.15) is 0 Å². The summed E-state index contributed by atoms with van der Waals surface area (Å²) in [5.74, 6) is -0.0291. The third kappa shape index (κ3) is 1.41. The van der Waals surface area contributed by atoms with E-state index in [1.165, 1.54) is 11.1 Å². The van der Waals surface area contributed by atoms with Crippen LogP contribution in [0.3, 0.4) is 0 Å². The van der Waals surface area contributed by atoms with Crippen LogP contribution in [-0.4, -0.2) is 24.8 Å². The number of fused-ring (bicyclic) bond motifs is 4. The van der Waals surface area contributed by atoms with Crippen molar-refractivity contribution in [2.75, 3.05) is 13.2 Å². The predicted octanol–water partition coefficient (Wildman–Crippen LogP) is 2.05. The number of benzene rings is 1. The molecule has 0 N–H and O–H groups in total. The van der Waals surface area contributed by atoms with Gasteiger partial charge >= 0.3 is 0 Å². The highest BCUT2D eigenvalue weighted by Gasteiger charge is 2.51. The molecule has 2 bridgehead atoms. The second kappa shape index (κ2) is 3.65. The summed E-state index contributed by atoms with van der Waals surface area (Å²) in [5, 5.41) is 0.